The van der Waals surface area contributed by atoms with Crippen LogP contribution in [0.25, 0.3) is 0 Å². The summed E-state index contributed by atoms with van der Waals surface area (Å²) in [6, 6.07) is 18.2. The predicted molar refractivity (Wildman–Crippen MR) is 138 cm³/mol. The highest BCUT2D eigenvalue weighted by molar-refractivity contribution is 7.10. The van der Waals surface area contributed by atoms with Gasteiger partial charge in [-0.05, 0) is 60.0 Å². The van der Waals surface area contributed by atoms with E-state index in [-0.39, 0.29) is 30.2 Å². The standard InChI is InChI=1S/C29H33FN2O2S/c1-22-16-17-35-27(22)20-31(19-24-12-14-25(30)15-13-24)29(34)21-32(26-10-6-3-7-11-26)28(33)18-23-8-4-2-5-9-23/h2,4-5,8-9,12-17,26H,3,6-7,10-11,18-21H2,1H3. The third-order valence-electron chi connectivity index (χ3n) is 6.78. The summed E-state index contributed by atoms with van der Waals surface area (Å²) in [6.07, 6.45) is 5.53. The molecule has 1 aliphatic rings. The van der Waals surface area contributed by atoms with E-state index in [2.05, 4.69) is 6.07 Å². The zero-order valence-electron chi connectivity index (χ0n) is 20.3. The van der Waals surface area contributed by atoms with E-state index >= 15 is 0 Å². The van der Waals surface area contributed by atoms with Crippen LogP contribution in [0.1, 0.15) is 53.7 Å². The lowest BCUT2D eigenvalue weighted by Crippen LogP contribution is -2.48. The van der Waals surface area contributed by atoms with E-state index in [0.717, 1.165) is 47.3 Å². The van der Waals surface area contributed by atoms with Gasteiger partial charge in [0.1, 0.15) is 12.4 Å². The Bertz CT molecular complexity index is 1110. The second-order valence-electron chi connectivity index (χ2n) is 9.38. The van der Waals surface area contributed by atoms with Crippen molar-refractivity contribution in [3.8, 4) is 0 Å². The molecular formula is C29H33FN2O2S. The lowest BCUT2D eigenvalue weighted by Gasteiger charge is -2.35. The molecule has 1 fully saturated rings. The van der Waals surface area contributed by atoms with Crippen molar-refractivity contribution in [2.24, 2.45) is 0 Å². The average molecular weight is 493 g/mol. The number of nitrogens with zero attached hydrogens (tertiary/aromatic N) is 2. The van der Waals surface area contributed by atoms with Crippen LogP contribution in [0.3, 0.4) is 0 Å². The molecule has 1 saturated carbocycles. The summed E-state index contributed by atoms with van der Waals surface area (Å²) in [7, 11) is 0. The number of thiophene rings is 1. The van der Waals surface area contributed by atoms with Gasteiger partial charge in [0.2, 0.25) is 11.8 Å². The monoisotopic (exact) mass is 492 g/mol. The number of carbonyl (C=O) groups is 2. The topological polar surface area (TPSA) is 40.6 Å². The molecule has 3 aromatic rings. The van der Waals surface area contributed by atoms with Crippen LogP contribution >= 0.6 is 11.3 Å². The molecule has 1 aliphatic carbocycles. The quantitative estimate of drug-likeness (QED) is 0.361. The Morgan fingerprint density at radius 1 is 0.886 bits per heavy atom. The Balaban J connectivity index is 1.54. The zero-order chi connectivity index (χ0) is 24.6. The van der Waals surface area contributed by atoms with Crippen LogP contribution in [0, 0.1) is 12.7 Å². The first kappa shape index (κ1) is 25.1. The maximum Gasteiger partial charge on any atom is 0.242 e. The molecule has 0 unspecified atom stereocenters. The molecule has 0 N–H and O–H groups in total. The summed E-state index contributed by atoms with van der Waals surface area (Å²) in [4.78, 5) is 31.9. The number of rotatable bonds is 9. The minimum absolute atomic E-state index is 0.00508. The third-order valence-corrected chi connectivity index (χ3v) is 7.79. The first-order valence-corrected chi connectivity index (χ1v) is 13.3. The van der Waals surface area contributed by atoms with Crippen LogP contribution in [0.5, 0.6) is 0 Å². The van der Waals surface area contributed by atoms with E-state index in [1.54, 1.807) is 28.4 Å². The van der Waals surface area contributed by atoms with Gasteiger partial charge in [0, 0.05) is 17.5 Å². The largest absolute Gasteiger partial charge is 0.332 e. The normalized spacial score (nSPS) is 14.0. The van der Waals surface area contributed by atoms with E-state index in [1.807, 2.05) is 47.5 Å². The van der Waals surface area contributed by atoms with Crippen molar-refractivity contribution in [2.45, 2.75) is 64.6 Å². The first-order valence-electron chi connectivity index (χ1n) is 12.4. The Morgan fingerprint density at radius 3 is 2.26 bits per heavy atom. The number of halogens is 1. The number of aryl methyl sites for hydroxylation is 1. The van der Waals surface area contributed by atoms with Gasteiger partial charge in [0.25, 0.3) is 0 Å². The minimum Gasteiger partial charge on any atom is -0.332 e. The first-order chi connectivity index (χ1) is 17.0. The molecule has 2 aromatic carbocycles. The van der Waals surface area contributed by atoms with Crippen molar-refractivity contribution in [1.82, 2.24) is 9.80 Å². The fourth-order valence-corrected chi connectivity index (χ4v) is 5.63. The zero-order valence-corrected chi connectivity index (χ0v) is 21.1. The Kier molecular flexibility index (Phi) is 8.69. The summed E-state index contributed by atoms with van der Waals surface area (Å²) in [5, 5.41) is 2.03. The van der Waals surface area contributed by atoms with Crippen LogP contribution in [0.4, 0.5) is 4.39 Å². The van der Waals surface area contributed by atoms with Gasteiger partial charge in [-0.3, -0.25) is 9.59 Å². The number of benzene rings is 2. The van der Waals surface area contributed by atoms with E-state index in [0.29, 0.717) is 19.5 Å². The number of hydrogen-bond acceptors (Lipinski definition) is 3. The molecule has 184 valence electrons. The lowest BCUT2D eigenvalue weighted by atomic mass is 9.93. The summed E-state index contributed by atoms with van der Waals surface area (Å²) < 4.78 is 13.5. The van der Waals surface area contributed by atoms with E-state index in [4.69, 9.17) is 0 Å². The van der Waals surface area contributed by atoms with Crippen molar-refractivity contribution >= 4 is 23.2 Å². The Hall–Kier alpha value is -2.99. The average Bonchev–Trinajstić information content (AvgIpc) is 3.28. The molecule has 1 heterocycles. The van der Waals surface area contributed by atoms with Gasteiger partial charge in [-0.25, -0.2) is 4.39 Å². The van der Waals surface area contributed by atoms with Crippen LogP contribution in [0.2, 0.25) is 0 Å². The Labute approximate surface area is 211 Å². The maximum absolute atomic E-state index is 13.7. The van der Waals surface area contributed by atoms with Gasteiger partial charge < -0.3 is 9.80 Å². The number of carbonyl (C=O) groups excluding carboxylic acids is 2. The summed E-state index contributed by atoms with van der Waals surface area (Å²) in [6.45, 7) is 2.97. The highest BCUT2D eigenvalue weighted by atomic mass is 32.1. The van der Waals surface area contributed by atoms with Crippen LogP contribution < -0.4 is 0 Å². The van der Waals surface area contributed by atoms with Gasteiger partial charge in [-0.1, -0.05) is 61.7 Å². The molecule has 35 heavy (non-hydrogen) atoms. The van der Waals surface area contributed by atoms with Crippen molar-refractivity contribution in [1.29, 1.82) is 0 Å². The van der Waals surface area contributed by atoms with Crippen molar-refractivity contribution in [3.05, 3.63) is 93.4 Å². The van der Waals surface area contributed by atoms with Crippen LogP contribution in [-0.4, -0.2) is 34.2 Å². The molecule has 0 radical (unpaired) electrons. The minimum atomic E-state index is -0.296. The van der Waals surface area contributed by atoms with Gasteiger partial charge >= 0.3 is 0 Å². The second-order valence-corrected chi connectivity index (χ2v) is 10.4. The molecule has 0 saturated heterocycles. The molecule has 0 spiro atoms. The summed E-state index contributed by atoms with van der Waals surface area (Å²) in [5.41, 5.74) is 2.98. The van der Waals surface area contributed by atoms with Crippen molar-refractivity contribution in [3.63, 3.8) is 0 Å². The van der Waals surface area contributed by atoms with Crippen LogP contribution in [0.15, 0.2) is 66.0 Å². The molecule has 1 aromatic heterocycles. The molecule has 0 atom stereocenters. The highest BCUT2D eigenvalue weighted by Gasteiger charge is 2.29. The van der Waals surface area contributed by atoms with E-state index in [1.165, 1.54) is 18.6 Å². The molecule has 0 aliphatic heterocycles. The molecule has 4 nitrogen and oxygen atoms in total. The highest BCUT2D eigenvalue weighted by Crippen LogP contribution is 2.25. The van der Waals surface area contributed by atoms with Crippen molar-refractivity contribution in [2.75, 3.05) is 6.54 Å². The van der Waals surface area contributed by atoms with Crippen molar-refractivity contribution < 1.29 is 14.0 Å². The molecular weight excluding hydrogens is 459 g/mol. The van der Waals surface area contributed by atoms with E-state index in [9.17, 15) is 14.0 Å². The second kappa shape index (κ2) is 12.1. The van der Waals surface area contributed by atoms with Gasteiger partial charge in [0.05, 0.1) is 13.0 Å². The lowest BCUT2D eigenvalue weighted by molar-refractivity contribution is -0.143. The molecule has 0 bridgehead atoms. The fourth-order valence-electron chi connectivity index (χ4n) is 4.71. The molecule has 2 amide bonds. The summed E-state index contributed by atoms with van der Waals surface area (Å²) >= 11 is 1.63. The number of hydrogen-bond donors (Lipinski definition) is 0. The number of amides is 2. The summed E-state index contributed by atoms with van der Waals surface area (Å²) in [5.74, 6) is -0.365. The van der Waals surface area contributed by atoms with Gasteiger partial charge in [-0.2, -0.15) is 0 Å². The molecule has 6 heteroatoms. The molecule has 4 rings (SSSR count). The van der Waals surface area contributed by atoms with E-state index < -0.39 is 0 Å². The maximum atomic E-state index is 13.7. The predicted octanol–water partition coefficient (Wildman–Crippen LogP) is 6.13. The van der Waals surface area contributed by atoms with Crippen LogP contribution in [-0.2, 0) is 29.1 Å². The van der Waals surface area contributed by atoms with Gasteiger partial charge in [-0.15, -0.1) is 11.3 Å². The fraction of sp³-hybridized carbons (Fsp3) is 0.379. The third kappa shape index (κ3) is 7.01. The van der Waals surface area contributed by atoms with Gasteiger partial charge in [0.15, 0.2) is 0 Å². The SMILES string of the molecule is Cc1ccsc1CN(Cc1ccc(F)cc1)C(=O)CN(C(=O)Cc1ccccc1)C1CCCCC1. The Morgan fingerprint density at radius 2 is 1.60 bits per heavy atom. The smallest absolute Gasteiger partial charge is 0.242 e.